The Bertz CT molecular complexity index is 1730. The molecule has 1 unspecified atom stereocenters. The number of aryl methyl sites for hydroxylation is 1. The lowest BCUT2D eigenvalue weighted by molar-refractivity contribution is -0.274. The molecule has 1 saturated heterocycles. The Morgan fingerprint density at radius 1 is 1.11 bits per heavy atom. The summed E-state index contributed by atoms with van der Waals surface area (Å²) < 4.78 is 105. The van der Waals surface area contributed by atoms with Crippen molar-refractivity contribution in [2.75, 3.05) is 20.2 Å². The van der Waals surface area contributed by atoms with Crippen molar-refractivity contribution in [2.24, 2.45) is 5.92 Å². The van der Waals surface area contributed by atoms with Crippen LogP contribution in [0, 0.1) is 18.7 Å². The van der Waals surface area contributed by atoms with Crippen LogP contribution in [0.25, 0.3) is 10.9 Å². The number of alkyl halides is 6. The third-order valence-electron chi connectivity index (χ3n) is 8.48. The normalized spacial score (nSPS) is 15.7. The maximum atomic E-state index is 16.2. The van der Waals surface area contributed by atoms with Crippen LogP contribution in [0.4, 0.5) is 30.7 Å². The van der Waals surface area contributed by atoms with Crippen LogP contribution in [0.3, 0.4) is 0 Å². The second-order valence-corrected chi connectivity index (χ2v) is 11.3. The number of nitrogens with one attached hydrogen (secondary N) is 2. The summed E-state index contributed by atoms with van der Waals surface area (Å²) in [5.74, 6) is -5.44. The van der Waals surface area contributed by atoms with E-state index in [2.05, 4.69) is 15.4 Å². The van der Waals surface area contributed by atoms with Crippen molar-refractivity contribution in [3.05, 3.63) is 68.8 Å². The number of amides is 1. The fourth-order valence-electron chi connectivity index (χ4n) is 6.34. The number of pyridine rings is 1. The summed E-state index contributed by atoms with van der Waals surface area (Å²) in [5.41, 5.74) is -4.30. The fourth-order valence-corrected chi connectivity index (χ4v) is 6.34. The summed E-state index contributed by atoms with van der Waals surface area (Å²) >= 11 is 0. The van der Waals surface area contributed by atoms with E-state index in [0.717, 1.165) is 19.2 Å². The van der Waals surface area contributed by atoms with Crippen LogP contribution in [0.15, 0.2) is 35.3 Å². The van der Waals surface area contributed by atoms with E-state index in [1.54, 1.807) is 0 Å². The summed E-state index contributed by atoms with van der Waals surface area (Å²) in [6, 6.07) is 3.92. The van der Waals surface area contributed by atoms with Gasteiger partial charge >= 0.3 is 18.5 Å². The Balaban J connectivity index is 1.86. The predicted molar refractivity (Wildman–Crippen MR) is 155 cm³/mol. The van der Waals surface area contributed by atoms with Gasteiger partial charge in [0.15, 0.2) is 5.75 Å². The molecule has 1 aliphatic heterocycles. The van der Waals surface area contributed by atoms with Crippen molar-refractivity contribution in [3.8, 4) is 11.5 Å². The molecule has 0 bridgehead atoms. The number of aromatic nitrogens is 1. The van der Waals surface area contributed by atoms with Crippen LogP contribution < -0.4 is 25.5 Å². The Morgan fingerprint density at radius 2 is 1.77 bits per heavy atom. The number of piperidine rings is 1. The van der Waals surface area contributed by atoms with Gasteiger partial charge in [0.1, 0.15) is 29.1 Å². The van der Waals surface area contributed by atoms with E-state index in [1.165, 1.54) is 19.9 Å². The fraction of sp³-hybridized carbons (Fsp3) is 0.452. The number of hydrogen-bond donors (Lipinski definition) is 3. The zero-order chi connectivity index (χ0) is 34.9. The molecule has 3 aromatic rings. The van der Waals surface area contributed by atoms with Crippen LogP contribution in [0.2, 0.25) is 0 Å². The summed E-state index contributed by atoms with van der Waals surface area (Å²) in [6.07, 6.45) is -8.69. The zero-order valence-electron chi connectivity index (χ0n) is 25.5. The number of ether oxygens (including phenoxy) is 2. The summed E-state index contributed by atoms with van der Waals surface area (Å²) in [4.78, 5) is 39.7. The number of aliphatic carboxylic acids is 1. The van der Waals surface area contributed by atoms with Gasteiger partial charge in [-0.3, -0.25) is 14.4 Å². The first-order valence-electron chi connectivity index (χ1n) is 14.5. The van der Waals surface area contributed by atoms with E-state index in [1.807, 2.05) is 0 Å². The quantitative estimate of drug-likeness (QED) is 0.240. The van der Waals surface area contributed by atoms with Crippen molar-refractivity contribution >= 4 is 22.8 Å². The van der Waals surface area contributed by atoms with Gasteiger partial charge in [0, 0.05) is 18.3 Å². The average Bonchev–Trinajstić information content (AvgIpc) is 2.97. The Morgan fingerprint density at radius 3 is 2.30 bits per heavy atom. The van der Waals surface area contributed by atoms with Crippen molar-refractivity contribution in [1.29, 1.82) is 0 Å². The Kier molecular flexibility index (Phi) is 10.1. The number of halogens is 7. The van der Waals surface area contributed by atoms with E-state index in [-0.39, 0.29) is 18.5 Å². The molecule has 0 spiro atoms. The lowest BCUT2D eigenvalue weighted by atomic mass is 9.64. The van der Waals surface area contributed by atoms with Crippen molar-refractivity contribution in [3.63, 3.8) is 0 Å². The van der Waals surface area contributed by atoms with E-state index >= 15 is 4.39 Å². The van der Waals surface area contributed by atoms with Crippen LogP contribution in [0.1, 0.15) is 53.2 Å². The minimum atomic E-state index is -4.93. The topological polar surface area (TPSA) is 119 Å². The van der Waals surface area contributed by atoms with Crippen LogP contribution in [-0.4, -0.2) is 54.3 Å². The number of fused-ring (bicyclic) bond motifs is 1. The van der Waals surface area contributed by atoms with Gasteiger partial charge in [-0.15, -0.1) is 13.2 Å². The Hall–Kier alpha value is -4.34. The van der Waals surface area contributed by atoms with Gasteiger partial charge in [-0.05, 0) is 74.5 Å². The number of carbonyl (C=O) groups is 2. The van der Waals surface area contributed by atoms with Gasteiger partial charge in [-0.1, -0.05) is 13.0 Å². The van der Waals surface area contributed by atoms with Gasteiger partial charge in [-0.25, -0.2) is 4.39 Å². The molecule has 4 rings (SSSR count). The van der Waals surface area contributed by atoms with Crippen molar-refractivity contribution < 1.29 is 54.9 Å². The van der Waals surface area contributed by atoms with Crippen LogP contribution >= 0.6 is 0 Å². The summed E-state index contributed by atoms with van der Waals surface area (Å²) in [7, 11) is 1.03. The van der Waals surface area contributed by atoms with Gasteiger partial charge in [0.05, 0.1) is 18.0 Å². The third-order valence-corrected chi connectivity index (χ3v) is 8.48. The highest BCUT2D eigenvalue weighted by Gasteiger charge is 2.50. The molecule has 1 aromatic heterocycles. The SMILES string of the molecule is CCC(C(=O)O)(c1c(F)cc2c(=O)c(C(=O)NCc3ccc(OC(F)(F)F)cc3C)cn(CC(F)(F)F)c2c1OC)C1CCNCC1. The molecule has 1 fully saturated rings. The second-order valence-electron chi connectivity index (χ2n) is 11.3. The number of carbonyl (C=O) groups excluding carboxylic acids is 1. The number of carboxylic acids is 1. The molecule has 2 aromatic carbocycles. The number of hydrogen-bond acceptors (Lipinski definition) is 6. The van der Waals surface area contributed by atoms with Gasteiger partial charge < -0.3 is 29.8 Å². The monoisotopic (exact) mass is 675 g/mol. The zero-order valence-corrected chi connectivity index (χ0v) is 25.5. The van der Waals surface area contributed by atoms with Gasteiger partial charge in [-0.2, -0.15) is 13.2 Å². The largest absolute Gasteiger partial charge is 0.573 e. The molecule has 1 amide bonds. The van der Waals surface area contributed by atoms with Crippen molar-refractivity contribution in [1.82, 2.24) is 15.2 Å². The van der Waals surface area contributed by atoms with E-state index in [4.69, 9.17) is 4.74 Å². The minimum absolute atomic E-state index is 0.140. The molecule has 0 saturated carbocycles. The highest BCUT2D eigenvalue weighted by Crippen LogP contribution is 2.48. The Labute approximate surface area is 263 Å². The van der Waals surface area contributed by atoms with Gasteiger partial charge in [0.25, 0.3) is 5.91 Å². The van der Waals surface area contributed by atoms with E-state index in [9.17, 15) is 45.8 Å². The van der Waals surface area contributed by atoms with Crippen molar-refractivity contribution in [2.45, 2.75) is 64.2 Å². The number of rotatable bonds is 10. The smallest absolute Gasteiger partial charge is 0.494 e. The lowest BCUT2D eigenvalue weighted by Crippen LogP contribution is -2.48. The standard InChI is InChI=1S/C31H32F7N3O6/c1-4-29(28(44)45,18-7-9-39-10-8-18)23-22(32)12-20-24(26(23)46-3)41(15-30(33,34)35)14-21(25(20)42)27(43)40-13-17-5-6-19(11-16(17)2)47-31(36,37)38/h5-6,11-12,14,18,39H,4,7-10,13,15H2,1-3H3,(H,40,43)(H,44,45). The van der Waals surface area contributed by atoms with E-state index in [0.29, 0.717) is 48.3 Å². The number of benzene rings is 2. The maximum Gasteiger partial charge on any atom is 0.573 e. The molecule has 16 heteroatoms. The molecule has 2 heterocycles. The van der Waals surface area contributed by atoms with Crippen LogP contribution in [-0.2, 0) is 23.3 Å². The molecule has 0 aliphatic carbocycles. The van der Waals surface area contributed by atoms with Gasteiger partial charge in [0.2, 0.25) is 5.43 Å². The minimum Gasteiger partial charge on any atom is -0.494 e. The highest BCUT2D eigenvalue weighted by molar-refractivity contribution is 5.99. The molecule has 47 heavy (non-hydrogen) atoms. The third kappa shape index (κ3) is 7.31. The first-order valence-corrected chi connectivity index (χ1v) is 14.5. The number of nitrogens with zero attached hydrogens (tertiary/aromatic N) is 1. The van der Waals surface area contributed by atoms with Crippen LogP contribution in [0.5, 0.6) is 11.5 Å². The summed E-state index contributed by atoms with van der Waals surface area (Å²) in [5, 5.41) is 15.3. The summed E-state index contributed by atoms with van der Waals surface area (Å²) in [6.45, 7) is 1.73. The molecule has 1 aliphatic rings. The first kappa shape index (κ1) is 35.5. The molecule has 9 nitrogen and oxygen atoms in total. The maximum absolute atomic E-state index is 16.2. The molecular weight excluding hydrogens is 643 g/mol. The number of methoxy groups -OCH3 is 1. The molecule has 256 valence electrons. The molecule has 3 N–H and O–H groups in total. The highest BCUT2D eigenvalue weighted by atomic mass is 19.4. The first-order chi connectivity index (χ1) is 21.9. The number of carboxylic acid groups (broad SMARTS) is 1. The van der Waals surface area contributed by atoms with E-state index < -0.39 is 87.1 Å². The second kappa shape index (κ2) is 13.4. The predicted octanol–water partition coefficient (Wildman–Crippen LogP) is 5.58. The average molecular weight is 676 g/mol. The molecular formula is C31H32F7N3O6. The molecule has 1 atom stereocenters. The molecule has 0 radical (unpaired) electrons. The lowest BCUT2D eigenvalue weighted by Gasteiger charge is -2.40.